The Hall–Kier alpha value is -3.00. The molecule has 4 N–H and O–H groups in total. The van der Waals surface area contributed by atoms with Crippen molar-refractivity contribution in [2.24, 2.45) is 11.7 Å². The van der Waals surface area contributed by atoms with Gasteiger partial charge in [0.2, 0.25) is 5.95 Å². The Balaban J connectivity index is 1.68. The van der Waals surface area contributed by atoms with Gasteiger partial charge in [-0.1, -0.05) is 25.5 Å². The Bertz CT molecular complexity index is 1050. The largest absolute Gasteiger partial charge is 0.355 e. The van der Waals surface area contributed by atoms with Crippen LogP contribution in [0.1, 0.15) is 55.8 Å². The Morgan fingerprint density at radius 1 is 1.19 bits per heavy atom. The maximum atomic E-state index is 11.9. The first kappa shape index (κ1) is 22.2. The zero-order valence-corrected chi connectivity index (χ0v) is 19.0. The molecule has 1 amide bonds. The van der Waals surface area contributed by atoms with Crippen molar-refractivity contribution >= 4 is 22.9 Å². The monoisotopic (exact) mass is 435 g/mol. The molecule has 3 aromatic rings. The Morgan fingerprint density at radius 2 is 1.94 bits per heavy atom. The number of fused-ring (bicyclic) bond motifs is 1. The SMILES string of the molecule is CCCCNc1ncc2c(-c3ccc(C(=O)NC)cc3)nn(C[C@H]3CC[C@H](N)CC3)c2n1. The first-order valence-corrected chi connectivity index (χ1v) is 11.6. The van der Waals surface area contributed by atoms with Crippen LogP contribution in [-0.2, 0) is 6.54 Å². The van der Waals surface area contributed by atoms with Crippen molar-refractivity contribution in [3.05, 3.63) is 36.0 Å². The summed E-state index contributed by atoms with van der Waals surface area (Å²) < 4.78 is 2.03. The van der Waals surface area contributed by atoms with E-state index >= 15 is 0 Å². The average Bonchev–Trinajstić information content (AvgIpc) is 3.18. The second kappa shape index (κ2) is 10.1. The van der Waals surface area contributed by atoms with Crippen LogP contribution in [-0.4, -0.2) is 45.3 Å². The minimum absolute atomic E-state index is 0.103. The number of anilines is 1. The molecule has 170 valence electrons. The van der Waals surface area contributed by atoms with Gasteiger partial charge in [0.1, 0.15) is 5.69 Å². The first-order valence-electron chi connectivity index (χ1n) is 11.6. The number of nitrogens with zero attached hydrogens (tertiary/aromatic N) is 4. The maximum absolute atomic E-state index is 11.9. The lowest BCUT2D eigenvalue weighted by molar-refractivity contribution is 0.0963. The van der Waals surface area contributed by atoms with Crippen LogP contribution in [0.4, 0.5) is 5.95 Å². The molecule has 4 rings (SSSR count). The molecule has 1 aliphatic carbocycles. The molecular weight excluding hydrogens is 402 g/mol. The highest BCUT2D eigenvalue weighted by Gasteiger charge is 2.22. The van der Waals surface area contributed by atoms with Gasteiger partial charge in [0, 0.05) is 43.5 Å². The number of amides is 1. The molecule has 0 unspecified atom stereocenters. The summed E-state index contributed by atoms with van der Waals surface area (Å²) in [7, 11) is 1.63. The van der Waals surface area contributed by atoms with Crippen LogP contribution in [0.5, 0.6) is 0 Å². The number of carbonyl (C=O) groups is 1. The molecule has 32 heavy (non-hydrogen) atoms. The number of rotatable bonds is 8. The third-order valence-electron chi connectivity index (χ3n) is 6.27. The number of aromatic nitrogens is 4. The van der Waals surface area contributed by atoms with Gasteiger partial charge in [-0.2, -0.15) is 10.1 Å². The molecule has 2 heterocycles. The number of carbonyl (C=O) groups excluding carboxylic acids is 1. The van der Waals surface area contributed by atoms with Gasteiger partial charge in [-0.3, -0.25) is 4.79 Å². The smallest absolute Gasteiger partial charge is 0.251 e. The third kappa shape index (κ3) is 4.91. The van der Waals surface area contributed by atoms with Crippen molar-refractivity contribution in [3.63, 3.8) is 0 Å². The molecule has 1 aromatic carbocycles. The van der Waals surface area contributed by atoms with E-state index in [-0.39, 0.29) is 5.91 Å². The third-order valence-corrected chi connectivity index (χ3v) is 6.27. The van der Waals surface area contributed by atoms with Crippen LogP contribution < -0.4 is 16.4 Å². The van der Waals surface area contributed by atoms with E-state index in [1.165, 1.54) is 0 Å². The highest BCUT2D eigenvalue weighted by molar-refractivity contribution is 5.95. The van der Waals surface area contributed by atoms with Crippen molar-refractivity contribution in [3.8, 4) is 11.3 Å². The van der Waals surface area contributed by atoms with E-state index in [4.69, 9.17) is 15.8 Å². The minimum Gasteiger partial charge on any atom is -0.355 e. The van der Waals surface area contributed by atoms with Crippen LogP contribution in [0, 0.1) is 5.92 Å². The van der Waals surface area contributed by atoms with E-state index in [2.05, 4.69) is 22.5 Å². The van der Waals surface area contributed by atoms with Gasteiger partial charge < -0.3 is 16.4 Å². The lowest BCUT2D eigenvalue weighted by Gasteiger charge is -2.25. The average molecular weight is 436 g/mol. The molecule has 1 fully saturated rings. The molecule has 1 saturated carbocycles. The summed E-state index contributed by atoms with van der Waals surface area (Å²) >= 11 is 0. The molecule has 0 saturated heterocycles. The summed E-state index contributed by atoms with van der Waals surface area (Å²) in [6.07, 6.45) is 8.42. The van der Waals surface area contributed by atoms with Crippen molar-refractivity contribution in [2.45, 2.75) is 58.0 Å². The van der Waals surface area contributed by atoms with Gasteiger partial charge >= 0.3 is 0 Å². The van der Waals surface area contributed by atoms with Crippen LogP contribution >= 0.6 is 0 Å². The van der Waals surface area contributed by atoms with E-state index in [0.29, 0.717) is 23.5 Å². The number of nitrogens with two attached hydrogens (primary N) is 1. The summed E-state index contributed by atoms with van der Waals surface area (Å²) in [5.41, 5.74) is 9.36. The van der Waals surface area contributed by atoms with Crippen LogP contribution in [0.3, 0.4) is 0 Å². The van der Waals surface area contributed by atoms with Gasteiger partial charge in [-0.25, -0.2) is 9.67 Å². The Morgan fingerprint density at radius 3 is 2.62 bits per heavy atom. The van der Waals surface area contributed by atoms with Crippen molar-refractivity contribution in [1.29, 1.82) is 0 Å². The Kier molecular flexibility index (Phi) is 6.99. The predicted molar refractivity (Wildman–Crippen MR) is 127 cm³/mol. The van der Waals surface area contributed by atoms with Crippen molar-refractivity contribution in [1.82, 2.24) is 25.1 Å². The van der Waals surface area contributed by atoms with Gasteiger partial charge in [-0.15, -0.1) is 0 Å². The number of unbranched alkanes of at least 4 members (excludes halogenated alkanes) is 1. The van der Waals surface area contributed by atoms with Gasteiger partial charge in [0.15, 0.2) is 5.65 Å². The van der Waals surface area contributed by atoms with Gasteiger partial charge in [-0.05, 0) is 50.2 Å². The zero-order valence-electron chi connectivity index (χ0n) is 19.0. The van der Waals surface area contributed by atoms with E-state index < -0.39 is 0 Å². The quantitative estimate of drug-likeness (QED) is 0.467. The molecule has 1 aliphatic rings. The molecule has 0 bridgehead atoms. The summed E-state index contributed by atoms with van der Waals surface area (Å²) in [5, 5.41) is 11.9. The van der Waals surface area contributed by atoms with E-state index in [9.17, 15) is 4.79 Å². The number of hydrogen-bond acceptors (Lipinski definition) is 6. The Labute approximate surface area is 189 Å². The summed E-state index contributed by atoms with van der Waals surface area (Å²) in [6, 6.07) is 7.84. The first-order chi connectivity index (χ1) is 15.6. The number of hydrogen-bond donors (Lipinski definition) is 3. The van der Waals surface area contributed by atoms with Crippen LogP contribution in [0.15, 0.2) is 30.5 Å². The summed E-state index contributed by atoms with van der Waals surface area (Å²) in [5.74, 6) is 1.08. The van der Waals surface area contributed by atoms with Crippen molar-refractivity contribution < 1.29 is 4.79 Å². The second-order valence-electron chi connectivity index (χ2n) is 8.68. The molecule has 8 nitrogen and oxygen atoms in total. The zero-order chi connectivity index (χ0) is 22.5. The maximum Gasteiger partial charge on any atom is 0.251 e. The van der Waals surface area contributed by atoms with E-state index in [1.54, 1.807) is 7.05 Å². The predicted octanol–water partition coefficient (Wildman–Crippen LogP) is 3.58. The van der Waals surface area contributed by atoms with Crippen LogP contribution in [0.2, 0.25) is 0 Å². The highest BCUT2D eigenvalue weighted by atomic mass is 16.1. The topological polar surface area (TPSA) is 111 Å². The standard InChI is InChI=1S/C24H33N7O/c1-3-4-13-27-24-28-14-20-21(17-7-9-18(10-8-17)23(32)26-2)30-31(22(20)29-24)15-16-5-11-19(25)12-6-16/h7-10,14,16,19H,3-6,11-13,15,25H2,1-2H3,(H,26,32)(H,27,28,29)/t16-,19-. The lowest BCUT2D eigenvalue weighted by atomic mass is 9.86. The number of nitrogens with one attached hydrogen (secondary N) is 2. The fraction of sp³-hybridized carbons (Fsp3) is 0.500. The fourth-order valence-electron chi connectivity index (χ4n) is 4.30. The van der Waals surface area contributed by atoms with Crippen molar-refractivity contribution in [2.75, 3.05) is 18.9 Å². The van der Waals surface area contributed by atoms with Gasteiger partial charge in [0.25, 0.3) is 5.91 Å². The van der Waals surface area contributed by atoms with Gasteiger partial charge in [0.05, 0.1) is 5.39 Å². The molecular formula is C24H33N7O. The lowest BCUT2D eigenvalue weighted by Crippen LogP contribution is -2.28. The van der Waals surface area contributed by atoms with E-state index in [1.807, 2.05) is 35.1 Å². The summed E-state index contributed by atoms with van der Waals surface area (Å²) in [6.45, 7) is 3.84. The molecule has 8 heteroatoms. The normalized spacial score (nSPS) is 18.6. The number of benzene rings is 1. The van der Waals surface area contributed by atoms with Crippen LogP contribution in [0.25, 0.3) is 22.3 Å². The molecule has 0 radical (unpaired) electrons. The molecule has 0 atom stereocenters. The molecule has 2 aromatic heterocycles. The fourth-order valence-corrected chi connectivity index (χ4v) is 4.30. The minimum atomic E-state index is -0.103. The highest BCUT2D eigenvalue weighted by Crippen LogP contribution is 2.30. The molecule has 0 spiro atoms. The summed E-state index contributed by atoms with van der Waals surface area (Å²) in [4.78, 5) is 21.3. The molecule has 0 aliphatic heterocycles. The second-order valence-corrected chi connectivity index (χ2v) is 8.68. The van der Waals surface area contributed by atoms with E-state index in [0.717, 1.165) is 73.9 Å².